The summed E-state index contributed by atoms with van der Waals surface area (Å²) in [6.07, 6.45) is 1.66. The zero-order valence-electron chi connectivity index (χ0n) is 10.4. The highest BCUT2D eigenvalue weighted by Crippen LogP contribution is 2.18. The van der Waals surface area contributed by atoms with Crippen molar-refractivity contribution in [3.8, 4) is 5.75 Å². The van der Waals surface area contributed by atoms with Crippen LogP contribution in [0.1, 0.15) is 5.69 Å². The molecule has 9 heteroatoms. The van der Waals surface area contributed by atoms with Crippen molar-refractivity contribution >= 4 is 42.5 Å². The highest BCUT2D eigenvalue weighted by atomic mass is 35.5. The van der Waals surface area contributed by atoms with Crippen molar-refractivity contribution in [1.82, 2.24) is 15.8 Å². The van der Waals surface area contributed by atoms with Gasteiger partial charge in [0.05, 0.1) is 5.69 Å². The Kier molecular flexibility index (Phi) is 13.1. The summed E-state index contributed by atoms with van der Waals surface area (Å²) in [4.78, 5) is 7.84. The lowest BCUT2D eigenvalue weighted by atomic mass is 10.3. The van der Waals surface area contributed by atoms with Crippen LogP contribution in [0.25, 0.3) is 0 Å². The van der Waals surface area contributed by atoms with E-state index in [0.29, 0.717) is 24.0 Å². The van der Waals surface area contributed by atoms with Crippen molar-refractivity contribution in [1.29, 1.82) is 0 Å². The molecule has 1 rings (SSSR count). The molecule has 0 aliphatic rings. The minimum atomic E-state index is 0. The number of hydroxylamine groups is 1. The molecule has 0 amide bonds. The highest BCUT2D eigenvalue weighted by molar-refractivity contribution is 7.98. The summed E-state index contributed by atoms with van der Waals surface area (Å²) < 4.78 is 0. The quantitative estimate of drug-likeness (QED) is 0.283. The second-order valence-corrected chi connectivity index (χ2v) is 4.24. The third-order valence-corrected chi connectivity index (χ3v) is 2.94. The maximum absolute atomic E-state index is 9.48. The number of hydrogen-bond acceptors (Lipinski definition) is 5. The maximum atomic E-state index is 9.48. The molecular weight excluding hydrogens is 311 g/mol. The number of rotatable bonds is 5. The molecule has 4 N–H and O–H groups in total. The van der Waals surface area contributed by atoms with Crippen LogP contribution in [-0.2, 0) is 5.75 Å². The molecule has 0 saturated heterocycles. The zero-order chi connectivity index (χ0) is 12.5. The largest absolute Gasteiger partial charge is 0.506 e. The lowest BCUT2D eigenvalue weighted by Gasteiger charge is -2.07. The van der Waals surface area contributed by atoms with Gasteiger partial charge in [-0.3, -0.25) is 15.2 Å². The van der Waals surface area contributed by atoms with Crippen LogP contribution in [0.3, 0.4) is 0 Å². The summed E-state index contributed by atoms with van der Waals surface area (Å²) in [6, 6.07) is 3.32. The Morgan fingerprint density at radius 1 is 1.47 bits per heavy atom. The Morgan fingerprint density at radius 2 is 2.21 bits per heavy atom. The number of aliphatic imine (C=N–C) groups is 1. The Bertz CT molecular complexity index is 382. The molecule has 0 atom stereocenters. The second kappa shape index (κ2) is 12.2. The van der Waals surface area contributed by atoms with Crippen LogP contribution < -0.4 is 10.8 Å². The number of aromatic nitrogens is 1. The van der Waals surface area contributed by atoms with Gasteiger partial charge in [-0.1, -0.05) is 0 Å². The van der Waals surface area contributed by atoms with E-state index in [1.807, 2.05) is 5.48 Å². The van der Waals surface area contributed by atoms with E-state index in [1.54, 1.807) is 37.1 Å². The number of guanidine groups is 1. The minimum Gasteiger partial charge on any atom is -0.506 e. The number of aromatic hydroxyl groups is 1. The van der Waals surface area contributed by atoms with Crippen LogP contribution in [0.5, 0.6) is 5.75 Å². The molecule has 1 aromatic heterocycles. The molecule has 0 aliphatic carbocycles. The van der Waals surface area contributed by atoms with Crippen LogP contribution in [0.15, 0.2) is 23.3 Å². The van der Waals surface area contributed by atoms with Gasteiger partial charge in [0.1, 0.15) is 5.75 Å². The Labute approximate surface area is 128 Å². The summed E-state index contributed by atoms with van der Waals surface area (Å²) in [6.45, 7) is 0.665. The predicted octanol–water partition coefficient (Wildman–Crippen LogP) is 1.42. The Hall–Kier alpha value is -0.890. The fourth-order valence-corrected chi connectivity index (χ4v) is 1.93. The third kappa shape index (κ3) is 7.99. The molecule has 6 nitrogen and oxygen atoms in total. The summed E-state index contributed by atoms with van der Waals surface area (Å²) >= 11 is 1.63. The lowest BCUT2D eigenvalue weighted by molar-refractivity contribution is 0.229. The first-order chi connectivity index (χ1) is 8.27. The number of thioether (sulfide) groups is 1. The van der Waals surface area contributed by atoms with Crippen molar-refractivity contribution in [3.05, 3.63) is 24.0 Å². The molecule has 0 saturated carbocycles. The fourth-order valence-electron chi connectivity index (χ4n) is 1.12. The second-order valence-electron chi connectivity index (χ2n) is 3.13. The van der Waals surface area contributed by atoms with E-state index >= 15 is 0 Å². The molecule has 0 unspecified atom stereocenters. The van der Waals surface area contributed by atoms with E-state index in [2.05, 4.69) is 15.3 Å². The van der Waals surface area contributed by atoms with Gasteiger partial charge in [0.25, 0.3) is 0 Å². The van der Waals surface area contributed by atoms with Crippen LogP contribution in [0.2, 0.25) is 0 Å². The van der Waals surface area contributed by atoms with Crippen molar-refractivity contribution in [2.45, 2.75) is 5.75 Å². The first-order valence-electron chi connectivity index (χ1n) is 5.09. The van der Waals surface area contributed by atoms with Crippen molar-refractivity contribution < 1.29 is 10.3 Å². The summed E-state index contributed by atoms with van der Waals surface area (Å²) in [7, 11) is 1.57. The van der Waals surface area contributed by atoms with Crippen molar-refractivity contribution in [2.24, 2.45) is 4.99 Å². The van der Waals surface area contributed by atoms with Crippen LogP contribution in [-0.4, -0.2) is 40.6 Å². The van der Waals surface area contributed by atoms with Gasteiger partial charge in [0.2, 0.25) is 5.96 Å². The lowest BCUT2D eigenvalue weighted by Crippen LogP contribution is -2.36. The first-order valence-corrected chi connectivity index (χ1v) is 6.24. The van der Waals surface area contributed by atoms with E-state index < -0.39 is 0 Å². The molecule has 0 bridgehead atoms. The van der Waals surface area contributed by atoms with E-state index in [0.717, 1.165) is 5.75 Å². The molecule has 1 heterocycles. The van der Waals surface area contributed by atoms with Gasteiger partial charge in [-0.25, -0.2) is 5.48 Å². The zero-order valence-corrected chi connectivity index (χ0v) is 12.8. The van der Waals surface area contributed by atoms with Crippen molar-refractivity contribution in [3.63, 3.8) is 0 Å². The number of nitrogens with one attached hydrogen (secondary N) is 2. The maximum Gasteiger partial charge on any atom is 0.215 e. The molecule has 0 aromatic carbocycles. The van der Waals surface area contributed by atoms with E-state index in [4.69, 9.17) is 5.21 Å². The average Bonchev–Trinajstić information content (AvgIpc) is 2.36. The Morgan fingerprint density at radius 3 is 2.79 bits per heavy atom. The monoisotopic (exact) mass is 328 g/mol. The predicted molar refractivity (Wildman–Crippen MR) is 82.8 cm³/mol. The van der Waals surface area contributed by atoms with Gasteiger partial charge in [-0.2, -0.15) is 11.8 Å². The molecule has 0 spiro atoms. The van der Waals surface area contributed by atoms with Gasteiger partial charge in [0.15, 0.2) is 0 Å². The summed E-state index contributed by atoms with van der Waals surface area (Å²) in [5.74, 6) is 2.03. The summed E-state index contributed by atoms with van der Waals surface area (Å²) in [5.41, 5.74) is 2.63. The molecule has 0 radical (unpaired) electrons. The van der Waals surface area contributed by atoms with Gasteiger partial charge < -0.3 is 10.4 Å². The minimum absolute atomic E-state index is 0. The Balaban J connectivity index is 0. The smallest absolute Gasteiger partial charge is 0.215 e. The topological polar surface area (TPSA) is 89.8 Å². The molecule has 0 aliphatic heterocycles. The fraction of sp³-hybridized carbons (Fsp3) is 0.400. The van der Waals surface area contributed by atoms with Gasteiger partial charge >= 0.3 is 0 Å². The van der Waals surface area contributed by atoms with E-state index in [1.165, 1.54) is 0 Å². The van der Waals surface area contributed by atoms with E-state index in [-0.39, 0.29) is 30.6 Å². The molecular formula is C10H18Cl2N4O2S. The number of pyridine rings is 1. The average molecular weight is 329 g/mol. The number of hydrogen-bond donors (Lipinski definition) is 4. The first kappa shape index (κ1) is 20.4. The normalized spacial score (nSPS) is 10.1. The van der Waals surface area contributed by atoms with Crippen LogP contribution >= 0.6 is 36.6 Å². The summed E-state index contributed by atoms with van der Waals surface area (Å²) in [5, 5.41) is 21.0. The SMILES string of the molecule is CN=C(NO)NCCSCc1ncccc1O.Cl.Cl. The molecule has 19 heavy (non-hydrogen) atoms. The third-order valence-electron chi connectivity index (χ3n) is 1.97. The van der Waals surface area contributed by atoms with Crippen LogP contribution in [0, 0.1) is 0 Å². The van der Waals surface area contributed by atoms with Gasteiger partial charge in [-0.05, 0) is 12.1 Å². The number of nitrogens with zero attached hydrogens (tertiary/aromatic N) is 2. The molecule has 1 aromatic rings. The molecule has 0 fully saturated rings. The van der Waals surface area contributed by atoms with Gasteiger partial charge in [0, 0.05) is 31.3 Å². The highest BCUT2D eigenvalue weighted by Gasteiger charge is 2.01. The number of halogens is 2. The van der Waals surface area contributed by atoms with Crippen LogP contribution in [0.4, 0.5) is 0 Å². The van der Waals surface area contributed by atoms with Crippen molar-refractivity contribution in [2.75, 3.05) is 19.3 Å². The van der Waals surface area contributed by atoms with Gasteiger partial charge in [-0.15, -0.1) is 24.8 Å². The standard InChI is InChI=1S/C10H16N4O2S.2ClH/c1-11-10(14-16)13-5-6-17-7-8-9(15)3-2-4-12-8;;/h2-4,15-16H,5-7H2,1H3,(H2,11,13,14);2*1H. The van der Waals surface area contributed by atoms with E-state index in [9.17, 15) is 5.11 Å². The molecule has 110 valence electrons.